The van der Waals surface area contributed by atoms with Crippen molar-refractivity contribution in [2.24, 2.45) is 0 Å². The number of carbonyl (C=O) groups is 2. The van der Waals surface area contributed by atoms with Gasteiger partial charge in [-0.15, -0.1) is 0 Å². The van der Waals surface area contributed by atoms with Crippen molar-refractivity contribution in [3.8, 4) is 0 Å². The van der Waals surface area contributed by atoms with Gasteiger partial charge in [0.15, 0.2) is 0 Å². The van der Waals surface area contributed by atoms with Crippen LogP contribution in [0, 0.1) is 0 Å². The minimum absolute atomic E-state index is 0.132. The third-order valence-electron chi connectivity index (χ3n) is 4.35. The highest BCUT2D eigenvalue weighted by Crippen LogP contribution is 2.20. The summed E-state index contributed by atoms with van der Waals surface area (Å²) in [6.07, 6.45) is 1.87. The second-order valence-electron chi connectivity index (χ2n) is 6.28. The molecule has 0 aliphatic carbocycles. The van der Waals surface area contributed by atoms with Gasteiger partial charge in [0, 0.05) is 17.8 Å². The normalized spacial score (nSPS) is 10.8. The number of anilines is 1. The first kappa shape index (κ1) is 19.6. The zero-order valence-corrected chi connectivity index (χ0v) is 16.1. The molecule has 0 spiro atoms. The lowest BCUT2D eigenvalue weighted by atomic mass is 10.1. The molecular formula is C21H24N4O3. The Hall–Kier alpha value is -3.19. The number of hydrogen-bond donors (Lipinski definition) is 1. The van der Waals surface area contributed by atoms with Crippen LogP contribution in [0.2, 0.25) is 0 Å². The van der Waals surface area contributed by atoms with Crippen molar-refractivity contribution in [2.75, 3.05) is 25.1 Å². The predicted molar refractivity (Wildman–Crippen MR) is 108 cm³/mol. The Bertz CT molecular complexity index is 953. The lowest BCUT2D eigenvalue weighted by molar-refractivity contribution is -0.142. The molecule has 1 heterocycles. The molecule has 1 N–H and O–H groups in total. The summed E-state index contributed by atoms with van der Waals surface area (Å²) in [6.45, 7) is 2.97. The number of aromatic nitrogens is 2. The molecule has 0 radical (unpaired) electrons. The first-order valence-corrected chi connectivity index (χ1v) is 9.26. The van der Waals surface area contributed by atoms with Crippen molar-refractivity contribution in [3.05, 3.63) is 60.4 Å². The average molecular weight is 380 g/mol. The van der Waals surface area contributed by atoms with Crippen molar-refractivity contribution in [1.29, 1.82) is 0 Å². The first-order valence-electron chi connectivity index (χ1n) is 9.26. The van der Waals surface area contributed by atoms with Crippen LogP contribution in [0.25, 0.3) is 11.0 Å². The molecule has 0 fully saturated rings. The van der Waals surface area contributed by atoms with E-state index in [9.17, 15) is 9.59 Å². The Kier molecular flexibility index (Phi) is 6.39. The monoisotopic (exact) mass is 380 g/mol. The Labute approximate surface area is 163 Å². The van der Waals surface area contributed by atoms with E-state index in [-0.39, 0.29) is 24.8 Å². The van der Waals surface area contributed by atoms with E-state index in [1.54, 1.807) is 30.3 Å². The summed E-state index contributed by atoms with van der Waals surface area (Å²) in [5, 5.41) is 3.08. The maximum atomic E-state index is 13.2. The van der Waals surface area contributed by atoms with Crippen LogP contribution in [-0.2, 0) is 16.2 Å². The molecule has 2 aromatic carbocycles. The summed E-state index contributed by atoms with van der Waals surface area (Å²) in [5.74, 6) is -0.502. The molecule has 0 saturated heterocycles. The van der Waals surface area contributed by atoms with Gasteiger partial charge in [-0.1, -0.05) is 18.2 Å². The topological polar surface area (TPSA) is 76.5 Å². The summed E-state index contributed by atoms with van der Waals surface area (Å²) < 4.78 is 6.97. The smallest absolute Gasteiger partial charge is 0.307 e. The average Bonchev–Trinajstić information content (AvgIpc) is 3.11. The van der Waals surface area contributed by atoms with Gasteiger partial charge in [-0.25, -0.2) is 4.98 Å². The number of hydrogen-bond acceptors (Lipinski definition) is 5. The second-order valence-corrected chi connectivity index (χ2v) is 6.28. The molecule has 146 valence electrons. The Morgan fingerprint density at radius 2 is 1.96 bits per heavy atom. The van der Waals surface area contributed by atoms with Gasteiger partial charge >= 0.3 is 5.97 Å². The molecule has 3 rings (SSSR count). The van der Waals surface area contributed by atoms with E-state index in [0.29, 0.717) is 18.8 Å². The molecule has 0 aliphatic rings. The zero-order valence-electron chi connectivity index (χ0n) is 16.1. The van der Waals surface area contributed by atoms with E-state index >= 15 is 0 Å². The van der Waals surface area contributed by atoms with Crippen LogP contribution in [0.4, 0.5) is 5.69 Å². The molecule has 1 aromatic heterocycles. The largest absolute Gasteiger partial charge is 0.466 e. The van der Waals surface area contributed by atoms with Gasteiger partial charge in [0.2, 0.25) is 0 Å². The van der Waals surface area contributed by atoms with Gasteiger partial charge in [0.05, 0.1) is 37.1 Å². The number of benzene rings is 2. The molecule has 1 amide bonds. The van der Waals surface area contributed by atoms with Gasteiger partial charge in [-0.05, 0) is 44.3 Å². The standard InChI is InChI=1S/C21H24N4O3/c1-3-28-20(26)11-12-25(17-7-5-4-6-8-17)21(27)16-9-10-19-18(13-16)23-15-24(19)14-22-2/h4-10,13,15,22H,3,11-12,14H2,1-2H3. The van der Waals surface area contributed by atoms with Crippen LogP contribution in [0.5, 0.6) is 0 Å². The molecule has 0 bridgehead atoms. The summed E-state index contributed by atoms with van der Waals surface area (Å²) in [7, 11) is 1.87. The van der Waals surface area contributed by atoms with Gasteiger partial charge in [-0.3, -0.25) is 9.59 Å². The highest BCUT2D eigenvalue weighted by Gasteiger charge is 2.20. The van der Waals surface area contributed by atoms with E-state index in [1.807, 2.05) is 48.0 Å². The number of nitrogens with one attached hydrogen (secondary N) is 1. The molecule has 28 heavy (non-hydrogen) atoms. The van der Waals surface area contributed by atoms with Crippen LogP contribution in [-0.4, -0.2) is 41.6 Å². The van der Waals surface area contributed by atoms with Crippen LogP contribution in [0.3, 0.4) is 0 Å². The van der Waals surface area contributed by atoms with Crippen LogP contribution in [0.15, 0.2) is 54.9 Å². The molecule has 7 nitrogen and oxygen atoms in total. The van der Waals surface area contributed by atoms with E-state index < -0.39 is 0 Å². The van der Waals surface area contributed by atoms with E-state index in [1.165, 1.54) is 0 Å². The third kappa shape index (κ3) is 4.37. The third-order valence-corrected chi connectivity index (χ3v) is 4.35. The first-order chi connectivity index (χ1) is 13.6. The van der Waals surface area contributed by atoms with Gasteiger partial charge in [0.1, 0.15) is 0 Å². The Morgan fingerprint density at radius 3 is 2.68 bits per heavy atom. The number of nitrogens with zero attached hydrogens (tertiary/aromatic N) is 3. The molecule has 0 saturated carbocycles. The lowest BCUT2D eigenvalue weighted by Crippen LogP contribution is -2.33. The van der Waals surface area contributed by atoms with E-state index in [2.05, 4.69) is 10.3 Å². The molecular weight excluding hydrogens is 356 g/mol. The van der Waals surface area contributed by atoms with Gasteiger partial charge < -0.3 is 19.5 Å². The quantitative estimate of drug-likeness (QED) is 0.608. The van der Waals surface area contributed by atoms with Gasteiger partial charge in [0.25, 0.3) is 5.91 Å². The molecule has 0 atom stereocenters. The predicted octanol–water partition coefficient (Wildman–Crippen LogP) is 2.81. The summed E-state index contributed by atoms with van der Waals surface area (Å²) in [5.41, 5.74) is 2.95. The number of ether oxygens (including phenoxy) is 1. The summed E-state index contributed by atoms with van der Waals surface area (Å²) in [4.78, 5) is 31.0. The highest BCUT2D eigenvalue weighted by atomic mass is 16.5. The van der Waals surface area contributed by atoms with Crippen molar-refractivity contribution in [3.63, 3.8) is 0 Å². The fraction of sp³-hybridized carbons (Fsp3) is 0.286. The lowest BCUT2D eigenvalue weighted by Gasteiger charge is -2.22. The van der Waals surface area contributed by atoms with Crippen molar-refractivity contribution >= 4 is 28.6 Å². The SMILES string of the molecule is CCOC(=O)CCN(C(=O)c1ccc2c(c1)ncn2CNC)c1ccccc1. The molecule has 0 unspecified atom stereocenters. The summed E-state index contributed by atoms with van der Waals surface area (Å²) >= 11 is 0. The van der Waals surface area contributed by atoms with Crippen LogP contribution in [0.1, 0.15) is 23.7 Å². The fourth-order valence-electron chi connectivity index (χ4n) is 3.04. The maximum Gasteiger partial charge on any atom is 0.307 e. The van der Waals surface area contributed by atoms with E-state index in [0.717, 1.165) is 16.7 Å². The number of esters is 1. The zero-order chi connectivity index (χ0) is 19.9. The van der Waals surface area contributed by atoms with Crippen molar-refractivity contribution in [1.82, 2.24) is 14.9 Å². The Morgan fingerprint density at radius 1 is 1.18 bits per heavy atom. The molecule has 3 aromatic rings. The van der Waals surface area contributed by atoms with Crippen molar-refractivity contribution < 1.29 is 14.3 Å². The van der Waals surface area contributed by atoms with Crippen molar-refractivity contribution in [2.45, 2.75) is 20.0 Å². The summed E-state index contributed by atoms with van der Waals surface area (Å²) in [6, 6.07) is 14.8. The number of imidazole rings is 1. The van der Waals surface area contributed by atoms with Crippen LogP contribution < -0.4 is 10.2 Å². The van der Waals surface area contributed by atoms with E-state index in [4.69, 9.17) is 4.74 Å². The maximum absolute atomic E-state index is 13.2. The Balaban J connectivity index is 1.87. The fourth-order valence-corrected chi connectivity index (χ4v) is 3.04. The van der Waals surface area contributed by atoms with Gasteiger partial charge in [-0.2, -0.15) is 0 Å². The number of rotatable bonds is 8. The second kappa shape index (κ2) is 9.14. The highest BCUT2D eigenvalue weighted by molar-refractivity contribution is 6.07. The number of fused-ring (bicyclic) bond motifs is 1. The minimum Gasteiger partial charge on any atom is -0.466 e. The number of para-hydroxylation sites is 1. The molecule has 0 aliphatic heterocycles. The minimum atomic E-state index is -0.322. The number of amides is 1. The molecule has 7 heteroatoms. The van der Waals surface area contributed by atoms with Crippen LogP contribution >= 0.6 is 0 Å². The number of carbonyl (C=O) groups excluding carboxylic acids is 2.